The van der Waals surface area contributed by atoms with Gasteiger partial charge in [0.15, 0.2) is 0 Å². The Kier molecular flexibility index (Phi) is 5.69. The maximum atomic E-state index is 12.5. The van der Waals surface area contributed by atoms with Crippen LogP contribution in [0.1, 0.15) is 25.0 Å². The van der Waals surface area contributed by atoms with Gasteiger partial charge in [0.2, 0.25) is 5.91 Å². The highest BCUT2D eigenvalue weighted by Crippen LogP contribution is 2.26. The zero-order valence-corrected chi connectivity index (χ0v) is 13.2. The summed E-state index contributed by atoms with van der Waals surface area (Å²) in [4.78, 5) is 24.2. The fourth-order valence-corrected chi connectivity index (χ4v) is 2.23. The summed E-state index contributed by atoms with van der Waals surface area (Å²) in [5, 5.41) is 2.77. The van der Waals surface area contributed by atoms with E-state index in [-0.39, 0.29) is 12.5 Å². The summed E-state index contributed by atoms with van der Waals surface area (Å²) in [6.45, 7) is 3.43. The highest BCUT2D eigenvalue weighted by molar-refractivity contribution is 6.25. The number of amides is 1. The van der Waals surface area contributed by atoms with E-state index in [9.17, 15) is 9.59 Å². The molecule has 0 bridgehead atoms. The lowest BCUT2D eigenvalue weighted by molar-refractivity contribution is -0.136. The minimum absolute atomic E-state index is 0.249. The van der Waals surface area contributed by atoms with E-state index in [4.69, 9.17) is 4.74 Å². The van der Waals surface area contributed by atoms with Crippen molar-refractivity contribution in [2.75, 3.05) is 6.61 Å². The van der Waals surface area contributed by atoms with Gasteiger partial charge in [0.25, 0.3) is 0 Å². The topological polar surface area (TPSA) is 55.4 Å². The Morgan fingerprint density at radius 3 is 1.91 bits per heavy atom. The molecule has 4 nitrogen and oxygen atoms in total. The Balaban J connectivity index is 2.68. The van der Waals surface area contributed by atoms with Gasteiger partial charge in [-0.25, -0.2) is 4.79 Å². The van der Waals surface area contributed by atoms with Gasteiger partial charge in [-0.2, -0.15) is 0 Å². The Labute approximate surface area is 135 Å². The fourth-order valence-electron chi connectivity index (χ4n) is 2.23. The van der Waals surface area contributed by atoms with Crippen molar-refractivity contribution in [2.24, 2.45) is 0 Å². The van der Waals surface area contributed by atoms with Gasteiger partial charge in [-0.3, -0.25) is 4.79 Å². The molecule has 0 aliphatic heterocycles. The summed E-state index contributed by atoms with van der Waals surface area (Å²) in [5.41, 5.74) is 2.23. The van der Waals surface area contributed by atoms with E-state index in [0.29, 0.717) is 16.8 Å². The van der Waals surface area contributed by atoms with Crippen LogP contribution in [0.4, 0.5) is 0 Å². The normalized spacial score (nSPS) is 11.4. The molecule has 0 unspecified atom stereocenters. The van der Waals surface area contributed by atoms with Crippen LogP contribution in [0.2, 0.25) is 0 Å². The van der Waals surface area contributed by atoms with Crippen LogP contribution in [0, 0.1) is 0 Å². The summed E-state index contributed by atoms with van der Waals surface area (Å²) in [6, 6.07) is 18.4. The molecule has 0 atom stereocenters. The first-order valence-corrected chi connectivity index (χ1v) is 7.43. The van der Waals surface area contributed by atoms with Crippen LogP contribution in [-0.4, -0.2) is 18.5 Å². The van der Waals surface area contributed by atoms with Gasteiger partial charge in [-0.05, 0) is 18.1 Å². The SMILES string of the molecule is CCOC(=O)/C(=C(\NC(C)=O)c1ccccc1)c1ccccc1. The number of carbonyl (C=O) groups excluding carboxylic acids is 2. The zero-order chi connectivity index (χ0) is 16.7. The fraction of sp³-hybridized carbons (Fsp3) is 0.158. The molecule has 2 aromatic carbocycles. The first-order valence-electron chi connectivity index (χ1n) is 7.43. The van der Waals surface area contributed by atoms with Crippen LogP contribution >= 0.6 is 0 Å². The van der Waals surface area contributed by atoms with E-state index in [1.54, 1.807) is 6.92 Å². The molecule has 0 saturated heterocycles. The molecule has 0 radical (unpaired) electrons. The molecule has 4 heteroatoms. The lowest BCUT2D eigenvalue weighted by atomic mass is 9.99. The van der Waals surface area contributed by atoms with Crippen molar-refractivity contribution in [3.05, 3.63) is 71.8 Å². The summed E-state index contributed by atoms with van der Waals surface area (Å²) in [5.74, 6) is -0.715. The number of benzene rings is 2. The molecular weight excluding hydrogens is 290 g/mol. The van der Waals surface area contributed by atoms with Crippen molar-refractivity contribution >= 4 is 23.1 Å². The molecule has 0 saturated carbocycles. The van der Waals surface area contributed by atoms with Gasteiger partial charge in [0.1, 0.15) is 0 Å². The van der Waals surface area contributed by atoms with E-state index < -0.39 is 5.97 Å². The third-order valence-electron chi connectivity index (χ3n) is 3.16. The smallest absolute Gasteiger partial charge is 0.340 e. The first-order chi connectivity index (χ1) is 11.1. The largest absolute Gasteiger partial charge is 0.462 e. The molecule has 2 aromatic rings. The van der Waals surface area contributed by atoms with Gasteiger partial charge >= 0.3 is 5.97 Å². The highest BCUT2D eigenvalue weighted by atomic mass is 16.5. The molecule has 0 fully saturated rings. The van der Waals surface area contributed by atoms with Crippen molar-refractivity contribution < 1.29 is 14.3 Å². The van der Waals surface area contributed by atoms with Crippen molar-refractivity contribution in [1.82, 2.24) is 5.32 Å². The number of carbonyl (C=O) groups is 2. The summed E-state index contributed by atoms with van der Waals surface area (Å²) in [7, 11) is 0. The van der Waals surface area contributed by atoms with Gasteiger partial charge in [-0.15, -0.1) is 0 Å². The van der Waals surface area contributed by atoms with Crippen LogP contribution < -0.4 is 5.32 Å². The summed E-state index contributed by atoms with van der Waals surface area (Å²) < 4.78 is 5.19. The Morgan fingerprint density at radius 2 is 1.43 bits per heavy atom. The number of rotatable bonds is 5. The van der Waals surface area contributed by atoms with Crippen LogP contribution in [0.5, 0.6) is 0 Å². The predicted octanol–water partition coefficient (Wildman–Crippen LogP) is 3.25. The zero-order valence-electron chi connectivity index (χ0n) is 13.2. The van der Waals surface area contributed by atoms with Crippen LogP contribution in [0.25, 0.3) is 11.3 Å². The third-order valence-corrected chi connectivity index (χ3v) is 3.16. The van der Waals surface area contributed by atoms with E-state index in [0.717, 1.165) is 5.56 Å². The predicted molar refractivity (Wildman–Crippen MR) is 90.1 cm³/mol. The summed E-state index contributed by atoms with van der Waals surface area (Å²) in [6.07, 6.45) is 0. The molecule has 118 valence electrons. The van der Waals surface area contributed by atoms with E-state index in [1.807, 2.05) is 60.7 Å². The van der Waals surface area contributed by atoms with Crippen molar-refractivity contribution in [3.8, 4) is 0 Å². The number of esters is 1. The molecule has 1 N–H and O–H groups in total. The maximum Gasteiger partial charge on any atom is 0.340 e. The summed E-state index contributed by atoms with van der Waals surface area (Å²) >= 11 is 0. The monoisotopic (exact) mass is 309 g/mol. The second-order valence-electron chi connectivity index (χ2n) is 4.88. The number of hydrogen-bond donors (Lipinski definition) is 1. The van der Waals surface area contributed by atoms with Crippen LogP contribution in [0.15, 0.2) is 60.7 Å². The van der Waals surface area contributed by atoms with E-state index >= 15 is 0 Å². The lowest BCUT2D eigenvalue weighted by Gasteiger charge is -2.15. The second-order valence-corrected chi connectivity index (χ2v) is 4.88. The average Bonchev–Trinajstić information content (AvgIpc) is 2.56. The van der Waals surface area contributed by atoms with Crippen LogP contribution in [-0.2, 0) is 14.3 Å². The highest BCUT2D eigenvalue weighted by Gasteiger charge is 2.21. The Morgan fingerprint density at radius 1 is 0.913 bits per heavy atom. The van der Waals surface area contributed by atoms with Gasteiger partial charge in [0.05, 0.1) is 17.9 Å². The van der Waals surface area contributed by atoms with E-state index in [2.05, 4.69) is 5.32 Å². The van der Waals surface area contributed by atoms with Crippen LogP contribution in [0.3, 0.4) is 0 Å². The molecule has 0 spiro atoms. The molecule has 0 heterocycles. The molecule has 2 rings (SSSR count). The molecule has 0 aliphatic carbocycles. The Bertz CT molecular complexity index is 706. The van der Waals surface area contributed by atoms with Gasteiger partial charge < -0.3 is 10.1 Å². The molecule has 0 aliphatic rings. The second kappa shape index (κ2) is 7.94. The van der Waals surface area contributed by atoms with Crippen molar-refractivity contribution in [3.63, 3.8) is 0 Å². The maximum absolute atomic E-state index is 12.5. The van der Waals surface area contributed by atoms with Crippen molar-refractivity contribution in [2.45, 2.75) is 13.8 Å². The molecular formula is C19H19NO3. The number of ether oxygens (including phenoxy) is 1. The molecule has 0 aromatic heterocycles. The minimum atomic E-state index is -0.466. The minimum Gasteiger partial charge on any atom is -0.462 e. The first kappa shape index (κ1) is 16.5. The average molecular weight is 309 g/mol. The van der Waals surface area contributed by atoms with Crippen molar-refractivity contribution in [1.29, 1.82) is 0 Å². The van der Waals surface area contributed by atoms with E-state index in [1.165, 1.54) is 6.92 Å². The quantitative estimate of drug-likeness (QED) is 0.524. The lowest BCUT2D eigenvalue weighted by Crippen LogP contribution is -2.22. The number of hydrogen-bond acceptors (Lipinski definition) is 3. The number of nitrogens with one attached hydrogen (secondary N) is 1. The molecule has 23 heavy (non-hydrogen) atoms. The Hall–Kier alpha value is -2.88. The third kappa shape index (κ3) is 4.30. The molecule has 1 amide bonds. The standard InChI is InChI=1S/C19H19NO3/c1-3-23-19(22)17(15-10-6-4-7-11-15)18(20-14(2)21)16-12-8-5-9-13-16/h4-13H,3H2,1-2H3,(H,20,21)/b18-17-. The van der Waals surface area contributed by atoms with Gasteiger partial charge in [0, 0.05) is 6.92 Å². The van der Waals surface area contributed by atoms with Gasteiger partial charge in [-0.1, -0.05) is 60.7 Å².